The van der Waals surface area contributed by atoms with E-state index in [1.807, 2.05) is 5.38 Å². The Morgan fingerprint density at radius 3 is 2.71 bits per heavy atom. The number of aliphatic hydroxyl groups is 1. The molecule has 1 amide bonds. The molecule has 2 N–H and O–H groups in total. The van der Waals surface area contributed by atoms with Gasteiger partial charge in [0.05, 0.1) is 18.3 Å². The lowest BCUT2D eigenvalue weighted by Crippen LogP contribution is -2.44. The van der Waals surface area contributed by atoms with Gasteiger partial charge in [-0.1, -0.05) is 19.3 Å². The molecule has 6 heteroatoms. The topological polar surface area (TPSA) is 65.5 Å². The van der Waals surface area contributed by atoms with Crippen LogP contribution in [0.2, 0.25) is 0 Å². The number of anilines is 1. The van der Waals surface area contributed by atoms with Crippen LogP contribution in [0, 0.1) is 17.8 Å². The molecule has 0 unspecified atom stereocenters. The lowest BCUT2D eigenvalue weighted by molar-refractivity contribution is -0.126. The normalized spacial score (nSPS) is 28.3. The fourth-order valence-electron chi connectivity index (χ4n) is 4.32. The highest BCUT2D eigenvalue weighted by Gasteiger charge is 2.44. The second-order valence-electron chi connectivity index (χ2n) is 7.64. The van der Waals surface area contributed by atoms with Crippen LogP contribution in [-0.4, -0.2) is 35.1 Å². The van der Waals surface area contributed by atoms with E-state index in [-0.39, 0.29) is 24.5 Å². The van der Waals surface area contributed by atoms with Crippen molar-refractivity contribution in [3.05, 3.63) is 11.1 Å². The van der Waals surface area contributed by atoms with Crippen molar-refractivity contribution in [2.75, 3.05) is 18.0 Å². The zero-order chi connectivity index (χ0) is 16.5. The molecule has 132 valence electrons. The molecule has 5 nitrogen and oxygen atoms in total. The van der Waals surface area contributed by atoms with Crippen LogP contribution in [0.5, 0.6) is 0 Å². The van der Waals surface area contributed by atoms with Gasteiger partial charge in [-0.15, -0.1) is 11.3 Å². The van der Waals surface area contributed by atoms with Gasteiger partial charge in [-0.05, 0) is 31.6 Å². The smallest absolute Gasteiger partial charge is 0.223 e. The molecule has 4 rings (SSSR count). The van der Waals surface area contributed by atoms with Crippen LogP contribution in [0.25, 0.3) is 0 Å². The average molecular weight is 350 g/mol. The maximum atomic E-state index is 12.7. The molecule has 2 saturated carbocycles. The molecule has 24 heavy (non-hydrogen) atoms. The summed E-state index contributed by atoms with van der Waals surface area (Å²) in [5.41, 5.74) is 0.743. The fourth-order valence-corrected chi connectivity index (χ4v) is 5.16. The average Bonchev–Trinajstić information content (AvgIpc) is 3.19. The van der Waals surface area contributed by atoms with Crippen LogP contribution < -0.4 is 10.2 Å². The Hall–Kier alpha value is -1.14. The fraction of sp³-hybridized carbons (Fsp3) is 0.778. The van der Waals surface area contributed by atoms with Gasteiger partial charge in [-0.2, -0.15) is 0 Å². The Labute approximate surface area is 147 Å². The van der Waals surface area contributed by atoms with Crippen molar-refractivity contribution in [1.82, 2.24) is 10.3 Å². The minimum atomic E-state index is -0.00175. The van der Waals surface area contributed by atoms with E-state index in [0.717, 1.165) is 42.7 Å². The van der Waals surface area contributed by atoms with Crippen LogP contribution in [0.3, 0.4) is 0 Å². The Kier molecular flexibility index (Phi) is 4.77. The third kappa shape index (κ3) is 3.45. The highest BCUT2D eigenvalue weighted by molar-refractivity contribution is 7.13. The molecular weight excluding hydrogens is 322 g/mol. The number of carbonyl (C=O) groups is 1. The summed E-state index contributed by atoms with van der Waals surface area (Å²) in [6, 6.07) is 0.258. The Morgan fingerprint density at radius 2 is 2.04 bits per heavy atom. The number of carbonyl (C=O) groups excluding carboxylic acids is 1. The first-order valence-corrected chi connectivity index (χ1v) is 10.2. The second-order valence-corrected chi connectivity index (χ2v) is 8.47. The summed E-state index contributed by atoms with van der Waals surface area (Å²) in [6.45, 7) is 1.84. The first-order chi connectivity index (χ1) is 11.7. The molecule has 1 aromatic rings. The van der Waals surface area contributed by atoms with Crippen LogP contribution in [0.4, 0.5) is 5.13 Å². The van der Waals surface area contributed by atoms with E-state index in [2.05, 4.69) is 15.2 Å². The molecule has 0 spiro atoms. The zero-order valence-corrected chi connectivity index (χ0v) is 14.9. The Morgan fingerprint density at radius 1 is 1.25 bits per heavy atom. The summed E-state index contributed by atoms with van der Waals surface area (Å²) in [5.74, 6) is 1.83. The predicted molar refractivity (Wildman–Crippen MR) is 95.0 cm³/mol. The van der Waals surface area contributed by atoms with Crippen molar-refractivity contribution in [1.29, 1.82) is 0 Å². The van der Waals surface area contributed by atoms with Crippen molar-refractivity contribution in [3.8, 4) is 0 Å². The van der Waals surface area contributed by atoms with Crippen molar-refractivity contribution >= 4 is 22.4 Å². The highest BCUT2D eigenvalue weighted by atomic mass is 32.1. The summed E-state index contributed by atoms with van der Waals surface area (Å²) in [6.07, 6.45) is 8.39. The number of hydrogen-bond donors (Lipinski definition) is 2. The van der Waals surface area contributed by atoms with Gasteiger partial charge in [0.25, 0.3) is 0 Å². The van der Waals surface area contributed by atoms with Gasteiger partial charge in [0.1, 0.15) is 0 Å². The van der Waals surface area contributed by atoms with E-state index in [1.54, 1.807) is 11.3 Å². The van der Waals surface area contributed by atoms with Gasteiger partial charge in [0.15, 0.2) is 5.13 Å². The van der Waals surface area contributed by atoms with Gasteiger partial charge < -0.3 is 15.3 Å². The molecular formula is C18H27N3O2S. The first-order valence-electron chi connectivity index (χ1n) is 9.35. The number of hydrogen-bond acceptors (Lipinski definition) is 5. The molecule has 0 aromatic carbocycles. The minimum Gasteiger partial charge on any atom is -0.390 e. The summed E-state index contributed by atoms with van der Waals surface area (Å²) >= 11 is 1.60. The third-order valence-corrected chi connectivity index (χ3v) is 6.82. The maximum absolute atomic E-state index is 12.7. The van der Waals surface area contributed by atoms with Gasteiger partial charge in [0, 0.05) is 30.3 Å². The molecule has 0 radical (unpaired) electrons. The summed E-state index contributed by atoms with van der Waals surface area (Å²) < 4.78 is 0. The molecule has 1 saturated heterocycles. The standard InChI is InChI=1S/C18H27N3O2S/c22-10-14-11-24-18(19-14)21-8-15(12-6-7-12)16(9-21)20-17(23)13-4-2-1-3-5-13/h11-13,15-16,22H,1-10H2,(H,20,23)/t15-,16+/m1/s1. The van der Waals surface area contributed by atoms with Gasteiger partial charge >= 0.3 is 0 Å². The van der Waals surface area contributed by atoms with E-state index in [9.17, 15) is 9.90 Å². The molecule has 3 aliphatic rings. The number of aromatic nitrogens is 1. The quantitative estimate of drug-likeness (QED) is 0.857. The number of amides is 1. The number of nitrogens with one attached hydrogen (secondary N) is 1. The van der Waals surface area contributed by atoms with Crippen LogP contribution in [0.1, 0.15) is 50.6 Å². The number of thiazole rings is 1. The SMILES string of the molecule is O=C(N[C@H]1CN(c2nc(CO)cs2)C[C@@H]1C1CC1)C1CCCCC1. The predicted octanol–water partition coefficient (Wildman–Crippen LogP) is 2.55. The molecule has 0 bridgehead atoms. The van der Waals surface area contributed by atoms with E-state index in [0.29, 0.717) is 5.92 Å². The first kappa shape index (κ1) is 16.3. The number of aliphatic hydroxyl groups excluding tert-OH is 1. The summed E-state index contributed by atoms with van der Waals surface area (Å²) in [4.78, 5) is 19.5. The number of rotatable bonds is 5. The molecule has 2 aliphatic carbocycles. The molecule has 2 atom stereocenters. The molecule has 3 fully saturated rings. The van der Waals surface area contributed by atoms with E-state index in [1.165, 1.54) is 32.1 Å². The lowest BCUT2D eigenvalue weighted by Gasteiger charge is -2.25. The second kappa shape index (κ2) is 7.00. The maximum Gasteiger partial charge on any atom is 0.223 e. The minimum absolute atomic E-state index is 0.00175. The van der Waals surface area contributed by atoms with E-state index < -0.39 is 0 Å². The summed E-state index contributed by atoms with van der Waals surface area (Å²) in [7, 11) is 0. The van der Waals surface area contributed by atoms with E-state index >= 15 is 0 Å². The van der Waals surface area contributed by atoms with Gasteiger partial charge in [-0.25, -0.2) is 4.98 Å². The monoisotopic (exact) mass is 349 g/mol. The molecule has 2 heterocycles. The highest BCUT2D eigenvalue weighted by Crippen LogP contribution is 2.43. The number of nitrogens with zero attached hydrogens (tertiary/aromatic N) is 2. The van der Waals surface area contributed by atoms with Gasteiger partial charge in [-0.3, -0.25) is 4.79 Å². The largest absolute Gasteiger partial charge is 0.390 e. The zero-order valence-electron chi connectivity index (χ0n) is 14.1. The van der Waals surface area contributed by atoms with Crippen molar-refractivity contribution < 1.29 is 9.90 Å². The van der Waals surface area contributed by atoms with Crippen molar-refractivity contribution in [2.24, 2.45) is 17.8 Å². The lowest BCUT2D eigenvalue weighted by atomic mass is 9.88. The van der Waals surface area contributed by atoms with Crippen LogP contribution >= 0.6 is 11.3 Å². The Bertz CT molecular complexity index is 581. The van der Waals surface area contributed by atoms with E-state index in [4.69, 9.17) is 0 Å². The third-order valence-electron chi connectivity index (χ3n) is 5.87. The van der Waals surface area contributed by atoms with Crippen molar-refractivity contribution in [2.45, 2.75) is 57.6 Å². The van der Waals surface area contributed by atoms with Crippen molar-refractivity contribution in [3.63, 3.8) is 0 Å². The summed E-state index contributed by atoms with van der Waals surface area (Å²) in [5, 5.41) is 15.5. The molecule has 1 aromatic heterocycles. The van der Waals surface area contributed by atoms with Gasteiger partial charge in [0.2, 0.25) is 5.91 Å². The Balaban J connectivity index is 1.42. The molecule has 1 aliphatic heterocycles. The van der Waals surface area contributed by atoms with Crippen LogP contribution in [-0.2, 0) is 11.4 Å². The van der Waals surface area contributed by atoms with Crippen LogP contribution in [0.15, 0.2) is 5.38 Å².